The van der Waals surface area contributed by atoms with Gasteiger partial charge in [-0.25, -0.2) is 13.6 Å². The van der Waals surface area contributed by atoms with Crippen LogP contribution >= 0.6 is 22.6 Å². The van der Waals surface area contributed by atoms with Crippen molar-refractivity contribution in [3.63, 3.8) is 0 Å². The molecule has 1 atom stereocenters. The first-order chi connectivity index (χ1) is 14.2. The predicted octanol–water partition coefficient (Wildman–Crippen LogP) is 4.18. The second kappa shape index (κ2) is 9.45. The third-order valence-electron chi connectivity index (χ3n) is 4.78. The van der Waals surface area contributed by atoms with Gasteiger partial charge in [0.2, 0.25) is 0 Å². The zero-order chi connectivity index (χ0) is 21.8. The Morgan fingerprint density at radius 2 is 2.03 bits per heavy atom. The molecule has 1 unspecified atom stereocenters. The summed E-state index contributed by atoms with van der Waals surface area (Å²) in [5.41, 5.74) is 5.41. The number of carbonyl (C=O) groups is 2. The minimum Gasteiger partial charge on any atom is -0.492 e. The maximum Gasteiger partial charge on any atom is 0.407 e. The average Bonchev–Trinajstić information content (AvgIpc) is 2.68. The highest BCUT2D eigenvalue weighted by Crippen LogP contribution is 2.32. The second-order valence-corrected chi connectivity index (χ2v) is 8.23. The van der Waals surface area contributed by atoms with Crippen molar-refractivity contribution in [2.75, 3.05) is 25.0 Å². The standard InChI is InChI=1S/C20H20F2IN3O4/c21-12-6-16(25-15-4-3-13(23)8-14(15)22)18(19(24)27)17(7-12)30-10-11-2-1-5-26(9-11)20(28)29/h3-4,6-8,11,25H,1-2,5,9-10H2,(H2,24,27)(H,28,29). The number of hydrogen-bond donors (Lipinski definition) is 3. The molecule has 2 amide bonds. The van der Waals surface area contributed by atoms with E-state index in [1.807, 2.05) is 22.6 Å². The number of ether oxygens (including phenoxy) is 1. The van der Waals surface area contributed by atoms with Crippen LogP contribution in [0, 0.1) is 21.1 Å². The van der Waals surface area contributed by atoms with Crippen LogP contribution in [-0.2, 0) is 0 Å². The normalized spacial score (nSPS) is 16.2. The summed E-state index contributed by atoms with van der Waals surface area (Å²) < 4.78 is 34.8. The van der Waals surface area contributed by atoms with Crippen LogP contribution in [0.4, 0.5) is 25.0 Å². The number of halogens is 3. The lowest BCUT2D eigenvalue weighted by molar-refractivity contribution is 0.0985. The van der Waals surface area contributed by atoms with E-state index < -0.39 is 23.6 Å². The molecule has 30 heavy (non-hydrogen) atoms. The van der Waals surface area contributed by atoms with Crippen LogP contribution in [-0.4, -0.2) is 41.7 Å². The van der Waals surface area contributed by atoms with E-state index in [-0.39, 0.29) is 41.8 Å². The van der Waals surface area contributed by atoms with Crippen LogP contribution in [0.3, 0.4) is 0 Å². The number of amides is 2. The Morgan fingerprint density at radius 1 is 1.27 bits per heavy atom. The number of likely N-dealkylation sites (tertiary alicyclic amines) is 1. The van der Waals surface area contributed by atoms with Gasteiger partial charge in [0.15, 0.2) is 0 Å². The maximum absolute atomic E-state index is 14.2. The minimum absolute atomic E-state index is 0.0200. The molecule has 3 rings (SSSR count). The first kappa shape index (κ1) is 22.1. The molecule has 0 aliphatic carbocycles. The van der Waals surface area contributed by atoms with Crippen LogP contribution in [0.25, 0.3) is 0 Å². The van der Waals surface area contributed by atoms with Gasteiger partial charge < -0.3 is 25.8 Å². The summed E-state index contributed by atoms with van der Waals surface area (Å²) in [6.07, 6.45) is 0.420. The molecular weight excluding hydrogens is 511 g/mol. The summed E-state index contributed by atoms with van der Waals surface area (Å²) in [6.45, 7) is 0.828. The first-order valence-electron chi connectivity index (χ1n) is 9.20. The van der Waals surface area contributed by atoms with E-state index in [4.69, 9.17) is 15.6 Å². The number of primary amides is 1. The maximum atomic E-state index is 14.2. The number of nitrogens with two attached hydrogens (primary N) is 1. The van der Waals surface area contributed by atoms with Gasteiger partial charge in [0.05, 0.1) is 18.0 Å². The molecule has 2 aromatic carbocycles. The van der Waals surface area contributed by atoms with E-state index in [9.17, 15) is 18.4 Å². The largest absolute Gasteiger partial charge is 0.492 e. The van der Waals surface area contributed by atoms with Gasteiger partial charge in [-0.05, 0) is 59.7 Å². The highest BCUT2D eigenvalue weighted by atomic mass is 127. The Labute approximate surface area is 185 Å². The van der Waals surface area contributed by atoms with Crippen LogP contribution < -0.4 is 15.8 Å². The number of carboxylic acid groups (broad SMARTS) is 1. The fourth-order valence-corrected chi connectivity index (χ4v) is 3.82. The van der Waals surface area contributed by atoms with E-state index in [0.29, 0.717) is 16.5 Å². The van der Waals surface area contributed by atoms with E-state index in [2.05, 4.69) is 5.32 Å². The Bertz CT molecular complexity index is 973. The van der Waals surface area contributed by atoms with Gasteiger partial charge in [0.1, 0.15) is 22.9 Å². The van der Waals surface area contributed by atoms with Crippen molar-refractivity contribution < 1.29 is 28.2 Å². The molecule has 2 aromatic rings. The minimum atomic E-state index is -1.01. The van der Waals surface area contributed by atoms with Crippen molar-refractivity contribution >= 4 is 46.0 Å². The quantitative estimate of drug-likeness (QED) is 0.486. The zero-order valence-electron chi connectivity index (χ0n) is 15.8. The van der Waals surface area contributed by atoms with Gasteiger partial charge in [0, 0.05) is 28.6 Å². The summed E-state index contributed by atoms with van der Waals surface area (Å²) >= 11 is 1.96. The molecular formula is C20H20F2IN3O4. The monoisotopic (exact) mass is 531 g/mol. The topological polar surface area (TPSA) is 105 Å². The molecule has 7 nitrogen and oxygen atoms in total. The molecule has 0 radical (unpaired) electrons. The summed E-state index contributed by atoms with van der Waals surface area (Å²) in [4.78, 5) is 24.5. The fraction of sp³-hybridized carbons (Fsp3) is 0.300. The number of hydrogen-bond acceptors (Lipinski definition) is 4. The number of nitrogens with one attached hydrogen (secondary N) is 1. The third kappa shape index (κ3) is 5.29. The molecule has 0 aromatic heterocycles. The molecule has 4 N–H and O–H groups in total. The zero-order valence-corrected chi connectivity index (χ0v) is 18.0. The molecule has 1 aliphatic heterocycles. The number of anilines is 2. The molecule has 1 saturated heterocycles. The first-order valence-corrected chi connectivity index (χ1v) is 10.3. The van der Waals surface area contributed by atoms with Crippen molar-refractivity contribution in [3.05, 3.63) is 51.1 Å². The third-order valence-corrected chi connectivity index (χ3v) is 5.45. The highest BCUT2D eigenvalue weighted by Gasteiger charge is 2.25. The lowest BCUT2D eigenvalue weighted by Gasteiger charge is -2.30. The van der Waals surface area contributed by atoms with E-state index >= 15 is 0 Å². The SMILES string of the molecule is NC(=O)c1c(Nc2ccc(I)cc2F)cc(F)cc1OCC1CCCN(C(=O)O)C1. The van der Waals surface area contributed by atoms with Crippen molar-refractivity contribution in [2.24, 2.45) is 11.7 Å². The van der Waals surface area contributed by atoms with Crippen molar-refractivity contribution in [1.82, 2.24) is 4.90 Å². The number of rotatable bonds is 6. The molecule has 1 fully saturated rings. The van der Waals surface area contributed by atoms with Crippen LogP contribution in [0.2, 0.25) is 0 Å². The Balaban J connectivity index is 1.84. The van der Waals surface area contributed by atoms with Gasteiger partial charge in [-0.3, -0.25) is 4.79 Å². The lowest BCUT2D eigenvalue weighted by Crippen LogP contribution is -2.40. The smallest absolute Gasteiger partial charge is 0.407 e. The van der Waals surface area contributed by atoms with Gasteiger partial charge >= 0.3 is 6.09 Å². The average molecular weight is 531 g/mol. The van der Waals surface area contributed by atoms with Crippen LogP contribution in [0.5, 0.6) is 5.75 Å². The summed E-state index contributed by atoms with van der Waals surface area (Å²) in [5, 5.41) is 11.9. The van der Waals surface area contributed by atoms with Crippen molar-refractivity contribution in [3.8, 4) is 5.75 Å². The van der Waals surface area contributed by atoms with Gasteiger partial charge in [-0.1, -0.05) is 0 Å². The van der Waals surface area contributed by atoms with E-state index in [1.54, 1.807) is 6.07 Å². The molecule has 0 spiro atoms. The number of benzene rings is 2. The molecule has 10 heteroatoms. The fourth-order valence-electron chi connectivity index (χ4n) is 3.37. The van der Waals surface area contributed by atoms with E-state index in [1.165, 1.54) is 17.0 Å². The molecule has 1 heterocycles. The van der Waals surface area contributed by atoms with Gasteiger partial charge in [0.25, 0.3) is 5.91 Å². The van der Waals surface area contributed by atoms with Crippen LogP contribution in [0.1, 0.15) is 23.2 Å². The molecule has 0 saturated carbocycles. The number of piperidine rings is 1. The Morgan fingerprint density at radius 3 is 2.70 bits per heavy atom. The molecule has 0 bridgehead atoms. The summed E-state index contributed by atoms with van der Waals surface area (Å²) in [6, 6.07) is 6.49. The number of nitrogens with zero attached hydrogens (tertiary/aromatic N) is 1. The Hall–Kier alpha value is -2.63. The summed E-state index contributed by atoms with van der Waals surface area (Å²) in [7, 11) is 0. The lowest BCUT2D eigenvalue weighted by atomic mass is 9.99. The molecule has 1 aliphatic rings. The van der Waals surface area contributed by atoms with Crippen LogP contribution in [0.15, 0.2) is 30.3 Å². The second-order valence-electron chi connectivity index (χ2n) is 6.99. The highest BCUT2D eigenvalue weighted by molar-refractivity contribution is 14.1. The van der Waals surface area contributed by atoms with Crippen molar-refractivity contribution in [1.29, 1.82) is 0 Å². The van der Waals surface area contributed by atoms with E-state index in [0.717, 1.165) is 18.6 Å². The van der Waals surface area contributed by atoms with Crippen molar-refractivity contribution in [2.45, 2.75) is 12.8 Å². The number of carbonyl (C=O) groups excluding carboxylic acids is 1. The van der Waals surface area contributed by atoms with Gasteiger partial charge in [-0.15, -0.1) is 0 Å². The predicted molar refractivity (Wildman–Crippen MR) is 115 cm³/mol. The van der Waals surface area contributed by atoms with Gasteiger partial charge in [-0.2, -0.15) is 0 Å². The molecule has 160 valence electrons. The summed E-state index contributed by atoms with van der Waals surface area (Å²) in [5.74, 6) is -2.32. The Kier molecular flexibility index (Phi) is 6.95.